The second-order valence-electron chi connectivity index (χ2n) is 5.27. The van der Waals surface area contributed by atoms with Crippen molar-refractivity contribution in [3.05, 3.63) is 0 Å². The summed E-state index contributed by atoms with van der Waals surface area (Å²) in [5.41, 5.74) is 5.13. The number of ether oxygens (including phenoxy) is 1. The molecule has 0 aromatic heterocycles. The molecule has 2 amide bonds. The maximum Gasteiger partial charge on any atom is 0.231 e. The fourth-order valence-electron chi connectivity index (χ4n) is 2.30. The average Bonchev–Trinajstić information content (AvgIpc) is 2.72. The summed E-state index contributed by atoms with van der Waals surface area (Å²) in [5.74, 6) is -0.570. The van der Waals surface area contributed by atoms with E-state index in [0.717, 1.165) is 0 Å². The summed E-state index contributed by atoms with van der Waals surface area (Å²) in [6.07, 6.45) is 0.404. The van der Waals surface area contributed by atoms with E-state index in [0.29, 0.717) is 25.8 Å². The molecule has 0 saturated carbocycles. The van der Waals surface area contributed by atoms with E-state index in [1.165, 1.54) is 0 Å². The molecule has 6 nitrogen and oxygen atoms in total. The number of methoxy groups -OCH3 is 1. The Morgan fingerprint density at radius 3 is 2.85 bits per heavy atom. The number of amides is 2. The standard InChI is InChI=1S/C13H24FN3O3/c1-9(20-2)3-4-13(19)16-6-11-5-10(14)7-17(11)8-12(15)18/h9-11H,3-8H2,1-2H3,(H2,15,18)(H,16,19)/t9-,10-,11-/m0/s1. The molecular formula is C13H24FN3O3. The molecule has 0 spiro atoms. The second kappa shape index (κ2) is 8.16. The second-order valence-corrected chi connectivity index (χ2v) is 5.27. The first-order valence-corrected chi connectivity index (χ1v) is 6.88. The van der Waals surface area contributed by atoms with Crippen molar-refractivity contribution in [2.24, 2.45) is 5.73 Å². The molecule has 1 fully saturated rings. The van der Waals surface area contributed by atoms with Crippen LogP contribution < -0.4 is 11.1 Å². The Labute approximate surface area is 118 Å². The van der Waals surface area contributed by atoms with Gasteiger partial charge in [0.25, 0.3) is 0 Å². The molecule has 116 valence electrons. The van der Waals surface area contributed by atoms with Crippen LogP contribution in [-0.2, 0) is 14.3 Å². The number of hydrogen-bond acceptors (Lipinski definition) is 4. The lowest BCUT2D eigenvalue weighted by Gasteiger charge is -2.22. The van der Waals surface area contributed by atoms with Crippen molar-refractivity contribution in [1.82, 2.24) is 10.2 Å². The van der Waals surface area contributed by atoms with Gasteiger partial charge in [0.15, 0.2) is 0 Å². The van der Waals surface area contributed by atoms with Gasteiger partial charge >= 0.3 is 0 Å². The SMILES string of the molecule is CO[C@@H](C)CCC(=O)NC[C@@H]1C[C@H](F)CN1CC(N)=O. The van der Waals surface area contributed by atoms with Gasteiger partial charge in [0.1, 0.15) is 6.17 Å². The summed E-state index contributed by atoms with van der Waals surface area (Å²) < 4.78 is 18.4. The fraction of sp³-hybridized carbons (Fsp3) is 0.846. The molecule has 0 aromatic carbocycles. The van der Waals surface area contributed by atoms with E-state index < -0.39 is 12.1 Å². The predicted octanol–water partition coefficient (Wildman–Crippen LogP) is -0.185. The van der Waals surface area contributed by atoms with E-state index >= 15 is 0 Å². The van der Waals surface area contributed by atoms with Crippen LogP contribution in [0.1, 0.15) is 26.2 Å². The van der Waals surface area contributed by atoms with Crippen LogP contribution in [0.25, 0.3) is 0 Å². The number of halogens is 1. The van der Waals surface area contributed by atoms with Gasteiger partial charge in [-0.15, -0.1) is 0 Å². The molecule has 0 unspecified atom stereocenters. The van der Waals surface area contributed by atoms with Gasteiger partial charge in [0.2, 0.25) is 11.8 Å². The Balaban J connectivity index is 2.31. The van der Waals surface area contributed by atoms with E-state index in [1.54, 1.807) is 12.0 Å². The monoisotopic (exact) mass is 289 g/mol. The Morgan fingerprint density at radius 2 is 2.25 bits per heavy atom. The van der Waals surface area contributed by atoms with Gasteiger partial charge in [0.05, 0.1) is 12.6 Å². The van der Waals surface area contributed by atoms with Gasteiger partial charge in [-0.1, -0.05) is 0 Å². The summed E-state index contributed by atoms with van der Waals surface area (Å²) in [6, 6.07) is -0.165. The van der Waals surface area contributed by atoms with Gasteiger partial charge in [-0.05, 0) is 19.8 Å². The van der Waals surface area contributed by atoms with Crippen molar-refractivity contribution in [3.63, 3.8) is 0 Å². The number of rotatable bonds is 8. The minimum atomic E-state index is -0.968. The maximum absolute atomic E-state index is 13.4. The summed E-state index contributed by atoms with van der Waals surface area (Å²) in [6.45, 7) is 2.46. The predicted molar refractivity (Wildman–Crippen MR) is 72.8 cm³/mol. The van der Waals surface area contributed by atoms with Crippen LogP contribution in [0.5, 0.6) is 0 Å². The van der Waals surface area contributed by atoms with Crippen LogP contribution in [0.4, 0.5) is 4.39 Å². The largest absolute Gasteiger partial charge is 0.382 e. The van der Waals surface area contributed by atoms with Gasteiger partial charge < -0.3 is 15.8 Å². The Bertz CT molecular complexity index is 341. The van der Waals surface area contributed by atoms with Gasteiger partial charge in [-0.2, -0.15) is 0 Å². The molecule has 0 radical (unpaired) electrons. The Kier molecular flexibility index (Phi) is 6.87. The number of nitrogens with zero attached hydrogens (tertiary/aromatic N) is 1. The molecule has 3 atom stereocenters. The summed E-state index contributed by atoms with van der Waals surface area (Å²) >= 11 is 0. The molecule has 3 N–H and O–H groups in total. The highest BCUT2D eigenvalue weighted by molar-refractivity contribution is 5.76. The quantitative estimate of drug-likeness (QED) is 0.649. The van der Waals surface area contributed by atoms with E-state index in [1.807, 2.05) is 6.92 Å². The average molecular weight is 289 g/mol. The minimum Gasteiger partial charge on any atom is -0.382 e. The first-order chi connectivity index (χ1) is 9.42. The van der Waals surface area contributed by atoms with Crippen LogP contribution in [-0.4, -0.2) is 61.8 Å². The molecule has 1 aliphatic rings. The lowest BCUT2D eigenvalue weighted by atomic mass is 10.2. The topological polar surface area (TPSA) is 84.7 Å². The molecule has 1 rings (SSSR count). The zero-order valence-corrected chi connectivity index (χ0v) is 12.1. The number of alkyl halides is 1. The van der Waals surface area contributed by atoms with Crippen molar-refractivity contribution in [1.29, 1.82) is 0 Å². The third-order valence-electron chi connectivity index (χ3n) is 3.55. The highest BCUT2D eigenvalue weighted by Crippen LogP contribution is 2.19. The highest BCUT2D eigenvalue weighted by Gasteiger charge is 2.32. The van der Waals surface area contributed by atoms with Crippen LogP contribution in [0.2, 0.25) is 0 Å². The number of carbonyl (C=O) groups is 2. The van der Waals surface area contributed by atoms with E-state index in [9.17, 15) is 14.0 Å². The third-order valence-corrected chi connectivity index (χ3v) is 3.55. The number of likely N-dealkylation sites (tertiary alicyclic amines) is 1. The zero-order valence-electron chi connectivity index (χ0n) is 12.1. The van der Waals surface area contributed by atoms with Crippen LogP contribution in [0.3, 0.4) is 0 Å². The van der Waals surface area contributed by atoms with Crippen LogP contribution in [0.15, 0.2) is 0 Å². The Hall–Kier alpha value is -1.21. The summed E-state index contributed by atoms with van der Waals surface area (Å²) in [4.78, 5) is 24.3. The van der Waals surface area contributed by atoms with Gasteiger partial charge in [0, 0.05) is 32.7 Å². The lowest BCUT2D eigenvalue weighted by Crippen LogP contribution is -2.43. The van der Waals surface area contributed by atoms with Crippen molar-refractivity contribution in [3.8, 4) is 0 Å². The van der Waals surface area contributed by atoms with E-state index in [2.05, 4.69) is 5.32 Å². The molecule has 1 saturated heterocycles. The van der Waals surface area contributed by atoms with E-state index in [4.69, 9.17) is 10.5 Å². The molecule has 20 heavy (non-hydrogen) atoms. The zero-order chi connectivity index (χ0) is 15.1. The van der Waals surface area contributed by atoms with Crippen molar-refractivity contribution in [2.45, 2.75) is 44.5 Å². The maximum atomic E-state index is 13.4. The highest BCUT2D eigenvalue weighted by atomic mass is 19.1. The smallest absolute Gasteiger partial charge is 0.231 e. The molecule has 0 aromatic rings. The van der Waals surface area contributed by atoms with Crippen molar-refractivity contribution < 1.29 is 18.7 Å². The molecule has 1 heterocycles. The Morgan fingerprint density at radius 1 is 1.55 bits per heavy atom. The third kappa shape index (κ3) is 5.83. The van der Waals surface area contributed by atoms with E-state index in [-0.39, 0.29) is 31.1 Å². The van der Waals surface area contributed by atoms with Gasteiger partial charge in [-0.25, -0.2) is 4.39 Å². The van der Waals surface area contributed by atoms with Crippen LogP contribution in [0, 0.1) is 0 Å². The molecule has 0 bridgehead atoms. The summed E-state index contributed by atoms with van der Waals surface area (Å²) in [5, 5.41) is 2.77. The molecular weight excluding hydrogens is 265 g/mol. The molecule has 0 aliphatic carbocycles. The number of nitrogens with two attached hydrogens (primary N) is 1. The number of carbonyl (C=O) groups excluding carboxylic acids is 2. The number of primary amides is 1. The van der Waals surface area contributed by atoms with Crippen molar-refractivity contribution in [2.75, 3.05) is 26.7 Å². The van der Waals surface area contributed by atoms with Gasteiger partial charge in [-0.3, -0.25) is 14.5 Å². The number of nitrogens with one attached hydrogen (secondary N) is 1. The first-order valence-electron chi connectivity index (χ1n) is 6.88. The first kappa shape index (κ1) is 16.8. The van der Waals surface area contributed by atoms with Crippen LogP contribution >= 0.6 is 0 Å². The minimum absolute atomic E-state index is 0.0294. The fourth-order valence-corrected chi connectivity index (χ4v) is 2.30. The molecule has 7 heteroatoms. The normalized spacial score (nSPS) is 24.6. The number of hydrogen-bond donors (Lipinski definition) is 2. The summed E-state index contributed by atoms with van der Waals surface area (Å²) in [7, 11) is 1.60. The molecule has 1 aliphatic heterocycles. The lowest BCUT2D eigenvalue weighted by molar-refractivity contribution is -0.121. The van der Waals surface area contributed by atoms with Crippen molar-refractivity contribution >= 4 is 11.8 Å².